The van der Waals surface area contributed by atoms with Gasteiger partial charge >= 0.3 is 5.97 Å². The topological polar surface area (TPSA) is 57.6 Å². The molecule has 2 fully saturated rings. The lowest BCUT2D eigenvalue weighted by atomic mass is 9.90. The number of carboxylic acids is 1. The van der Waals surface area contributed by atoms with E-state index in [4.69, 9.17) is 16.7 Å². The van der Waals surface area contributed by atoms with Crippen LogP contribution in [0.3, 0.4) is 0 Å². The zero-order chi connectivity index (χ0) is 15.0. The number of amides is 1. The number of carbonyl (C=O) groups excluding carboxylic acids is 1. The minimum atomic E-state index is -0.684. The predicted molar refractivity (Wildman–Crippen MR) is 79.1 cm³/mol. The van der Waals surface area contributed by atoms with Crippen LogP contribution < -0.4 is 0 Å². The molecule has 21 heavy (non-hydrogen) atoms. The number of halogens is 1. The molecule has 1 aromatic carbocycles. The maximum absolute atomic E-state index is 12.3. The first-order chi connectivity index (χ1) is 10.00. The number of carbonyl (C=O) groups is 2. The molecule has 3 rings (SSSR count). The van der Waals surface area contributed by atoms with Gasteiger partial charge in [-0.1, -0.05) is 23.7 Å². The third-order valence-electron chi connectivity index (χ3n) is 4.87. The molecule has 1 saturated heterocycles. The summed E-state index contributed by atoms with van der Waals surface area (Å²) in [5, 5.41) is 9.74. The van der Waals surface area contributed by atoms with Crippen molar-refractivity contribution in [2.24, 2.45) is 11.3 Å². The Kier molecular flexibility index (Phi) is 3.66. The maximum atomic E-state index is 12.3. The lowest BCUT2D eigenvalue weighted by Gasteiger charge is -2.32. The van der Waals surface area contributed by atoms with Gasteiger partial charge in [-0.3, -0.25) is 9.59 Å². The zero-order valence-electron chi connectivity index (χ0n) is 11.7. The van der Waals surface area contributed by atoms with E-state index in [9.17, 15) is 9.59 Å². The third kappa shape index (κ3) is 2.91. The number of nitrogens with zero attached hydrogens (tertiary/aromatic N) is 1. The number of hydrogen-bond donors (Lipinski definition) is 1. The van der Waals surface area contributed by atoms with Crippen molar-refractivity contribution < 1.29 is 14.7 Å². The quantitative estimate of drug-likeness (QED) is 0.934. The molecule has 112 valence electrons. The molecule has 1 aliphatic heterocycles. The lowest BCUT2D eigenvalue weighted by molar-refractivity contribution is -0.139. The van der Waals surface area contributed by atoms with Crippen LogP contribution in [0.1, 0.15) is 24.8 Å². The van der Waals surface area contributed by atoms with Gasteiger partial charge < -0.3 is 10.0 Å². The highest BCUT2D eigenvalue weighted by molar-refractivity contribution is 6.30. The first-order valence-corrected chi connectivity index (χ1v) is 7.63. The Balaban J connectivity index is 1.54. The summed E-state index contributed by atoms with van der Waals surface area (Å²) in [4.78, 5) is 25.2. The highest BCUT2D eigenvalue weighted by Gasteiger charge is 2.59. The van der Waals surface area contributed by atoms with E-state index in [1.807, 2.05) is 17.0 Å². The number of piperidine rings is 1. The Morgan fingerprint density at radius 3 is 2.38 bits per heavy atom. The standard InChI is InChI=1S/C16H18ClNO3/c17-12-3-1-11(2-4-12)9-14(19)18-7-5-16(6-8-18)10-13(16)15(20)21/h1-4,13H,5-10H2,(H,20,21). The van der Waals surface area contributed by atoms with Crippen molar-refractivity contribution in [1.82, 2.24) is 4.90 Å². The Morgan fingerprint density at radius 1 is 1.24 bits per heavy atom. The van der Waals surface area contributed by atoms with Crippen LogP contribution in [-0.4, -0.2) is 35.0 Å². The molecule has 1 amide bonds. The average Bonchev–Trinajstić information content (AvgIpc) is 3.16. The van der Waals surface area contributed by atoms with Crippen LogP contribution in [0.5, 0.6) is 0 Å². The third-order valence-corrected chi connectivity index (χ3v) is 5.12. The molecule has 5 heteroatoms. The molecule has 0 aromatic heterocycles. The van der Waals surface area contributed by atoms with E-state index < -0.39 is 5.97 Å². The molecule has 0 bridgehead atoms. The molecule has 1 aromatic rings. The monoisotopic (exact) mass is 307 g/mol. The minimum absolute atomic E-state index is 0.0249. The maximum Gasteiger partial charge on any atom is 0.307 e. The van der Waals surface area contributed by atoms with E-state index in [1.165, 1.54) is 0 Å². The number of carboxylic acid groups (broad SMARTS) is 1. The van der Waals surface area contributed by atoms with Crippen molar-refractivity contribution in [2.75, 3.05) is 13.1 Å². The van der Waals surface area contributed by atoms with Gasteiger partial charge in [0, 0.05) is 18.1 Å². The lowest BCUT2D eigenvalue weighted by Crippen LogP contribution is -2.40. The van der Waals surface area contributed by atoms with Crippen molar-refractivity contribution >= 4 is 23.5 Å². The number of likely N-dealkylation sites (tertiary alicyclic amines) is 1. The second-order valence-electron chi connectivity index (χ2n) is 6.14. The number of aliphatic carboxylic acids is 1. The van der Waals surface area contributed by atoms with Crippen molar-refractivity contribution in [3.8, 4) is 0 Å². The van der Waals surface area contributed by atoms with E-state index in [1.54, 1.807) is 12.1 Å². The molecule has 1 atom stereocenters. The Hall–Kier alpha value is -1.55. The van der Waals surface area contributed by atoms with Gasteiger partial charge in [-0.15, -0.1) is 0 Å². The van der Waals surface area contributed by atoms with Crippen LogP contribution in [0, 0.1) is 11.3 Å². The van der Waals surface area contributed by atoms with Gasteiger partial charge in [-0.25, -0.2) is 0 Å². The second-order valence-corrected chi connectivity index (χ2v) is 6.58. The Labute approximate surface area is 128 Å². The van der Waals surface area contributed by atoms with Crippen molar-refractivity contribution in [3.63, 3.8) is 0 Å². The van der Waals surface area contributed by atoms with Crippen LogP contribution in [0.4, 0.5) is 0 Å². The van der Waals surface area contributed by atoms with Gasteiger partial charge in [0.2, 0.25) is 5.91 Å². The molecule has 1 N–H and O–H groups in total. The van der Waals surface area contributed by atoms with Gasteiger partial charge in [0.25, 0.3) is 0 Å². The molecular weight excluding hydrogens is 290 g/mol. The zero-order valence-corrected chi connectivity index (χ0v) is 12.5. The molecule has 0 radical (unpaired) electrons. The summed E-state index contributed by atoms with van der Waals surface area (Å²) in [6, 6.07) is 7.31. The van der Waals surface area contributed by atoms with Gasteiger partial charge in [-0.2, -0.15) is 0 Å². The Bertz CT molecular complexity index is 561. The van der Waals surface area contributed by atoms with E-state index >= 15 is 0 Å². The molecule has 1 aliphatic carbocycles. The fraction of sp³-hybridized carbons (Fsp3) is 0.500. The second kappa shape index (κ2) is 5.34. The van der Waals surface area contributed by atoms with Crippen molar-refractivity contribution in [1.29, 1.82) is 0 Å². The molecule has 1 spiro atoms. The average molecular weight is 308 g/mol. The number of hydrogen-bond acceptors (Lipinski definition) is 2. The van der Waals surface area contributed by atoms with Crippen molar-refractivity contribution in [2.45, 2.75) is 25.7 Å². The Morgan fingerprint density at radius 2 is 1.86 bits per heavy atom. The molecule has 1 heterocycles. The van der Waals surface area contributed by atoms with Crippen molar-refractivity contribution in [3.05, 3.63) is 34.9 Å². The molecule has 4 nitrogen and oxygen atoms in total. The fourth-order valence-electron chi connectivity index (χ4n) is 3.34. The molecule has 1 unspecified atom stereocenters. The number of rotatable bonds is 3. The summed E-state index contributed by atoms with van der Waals surface area (Å²) in [7, 11) is 0. The minimum Gasteiger partial charge on any atom is -0.481 e. The highest BCUT2D eigenvalue weighted by Crippen LogP contribution is 2.59. The predicted octanol–water partition coefficient (Wildman–Crippen LogP) is 2.60. The summed E-state index contributed by atoms with van der Waals surface area (Å²) >= 11 is 5.83. The van der Waals surface area contributed by atoms with E-state index in [-0.39, 0.29) is 17.2 Å². The van der Waals surface area contributed by atoms with Crippen LogP contribution >= 0.6 is 11.6 Å². The van der Waals surface area contributed by atoms with E-state index in [0.717, 1.165) is 24.8 Å². The first kappa shape index (κ1) is 14.4. The largest absolute Gasteiger partial charge is 0.481 e. The van der Waals surface area contributed by atoms with E-state index in [0.29, 0.717) is 24.5 Å². The summed E-state index contributed by atoms with van der Waals surface area (Å²) in [5.41, 5.74) is 0.933. The molecular formula is C16H18ClNO3. The summed E-state index contributed by atoms with van der Waals surface area (Å²) < 4.78 is 0. The molecule has 2 aliphatic rings. The molecule has 1 saturated carbocycles. The summed E-state index contributed by atoms with van der Waals surface area (Å²) in [5.74, 6) is -0.762. The summed E-state index contributed by atoms with van der Waals surface area (Å²) in [6.07, 6.45) is 2.79. The number of benzene rings is 1. The van der Waals surface area contributed by atoms with Gasteiger partial charge in [0.1, 0.15) is 0 Å². The van der Waals surface area contributed by atoms with Crippen LogP contribution in [0.25, 0.3) is 0 Å². The summed E-state index contributed by atoms with van der Waals surface area (Å²) in [6.45, 7) is 1.35. The van der Waals surface area contributed by atoms with Crippen LogP contribution in [0.2, 0.25) is 5.02 Å². The van der Waals surface area contributed by atoms with Gasteiger partial charge in [0.05, 0.1) is 12.3 Å². The first-order valence-electron chi connectivity index (χ1n) is 7.25. The normalized spacial score (nSPS) is 23.1. The van der Waals surface area contributed by atoms with E-state index in [2.05, 4.69) is 0 Å². The SMILES string of the molecule is O=C(O)C1CC12CCN(C(=O)Cc1ccc(Cl)cc1)CC2. The fourth-order valence-corrected chi connectivity index (χ4v) is 3.47. The van der Waals surface area contributed by atoms with Gasteiger partial charge in [0.15, 0.2) is 0 Å². The van der Waals surface area contributed by atoms with Crippen LogP contribution in [-0.2, 0) is 16.0 Å². The van der Waals surface area contributed by atoms with Crippen LogP contribution in [0.15, 0.2) is 24.3 Å². The smallest absolute Gasteiger partial charge is 0.307 e. The highest BCUT2D eigenvalue weighted by atomic mass is 35.5. The van der Waals surface area contributed by atoms with Gasteiger partial charge in [-0.05, 0) is 42.4 Å².